The Kier molecular flexibility index (Phi) is 3.69. The summed E-state index contributed by atoms with van der Waals surface area (Å²) in [6.07, 6.45) is 1.50. The smallest absolute Gasteiger partial charge is 0.306 e. The van der Waals surface area contributed by atoms with Crippen LogP contribution in [0.25, 0.3) is 0 Å². The molecule has 14 heavy (non-hydrogen) atoms. The predicted molar refractivity (Wildman–Crippen MR) is 49.8 cm³/mol. The third-order valence-corrected chi connectivity index (χ3v) is 1.48. The first kappa shape index (κ1) is 10.3. The fourth-order valence-corrected chi connectivity index (χ4v) is 0.864. The van der Waals surface area contributed by atoms with E-state index in [1.807, 2.05) is 0 Å². The molecule has 0 aliphatic rings. The Labute approximate surface area is 80.7 Å². The summed E-state index contributed by atoms with van der Waals surface area (Å²) in [5, 5.41) is 8.38. The number of ether oxygens (including phenoxy) is 1. The SMILES string of the molecule is NNc1ncccc1OCCC(=O)O. The average Bonchev–Trinajstić information content (AvgIpc) is 2.18. The van der Waals surface area contributed by atoms with Gasteiger partial charge in [-0.1, -0.05) is 0 Å². The summed E-state index contributed by atoms with van der Waals surface area (Å²) in [5.41, 5.74) is 2.35. The van der Waals surface area contributed by atoms with Crippen LogP contribution in [0.5, 0.6) is 5.75 Å². The quantitative estimate of drug-likeness (QED) is 0.461. The molecule has 4 N–H and O–H groups in total. The van der Waals surface area contributed by atoms with Crippen molar-refractivity contribution in [2.45, 2.75) is 6.42 Å². The minimum atomic E-state index is -0.906. The van der Waals surface area contributed by atoms with E-state index in [2.05, 4.69) is 10.4 Å². The second-order valence-electron chi connectivity index (χ2n) is 2.49. The second kappa shape index (κ2) is 5.03. The first-order valence-electron chi connectivity index (χ1n) is 4.00. The zero-order valence-electron chi connectivity index (χ0n) is 7.43. The summed E-state index contributed by atoms with van der Waals surface area (Å²) in [4.78, 5) is 14.1. The number of carboxylic acid groups (broad SMARTS) is 1. The summed E-state index contributed by atoms with van der Waals surface area (Å²) >= 11 is 0. The van der Waals surface area contributed by atoms with E-state index in [1.165, 1.54) is 0 Å². The molecule has 1 rings (SSSR count). The molecule has 0 spiro atoms. The van der Waals surface area contributed by atoms with Crippen molar-refractivity contribution in [2.75, 3.05) is 12.0 Å². The molecule has 0 radical (unpaired) electrons. The highest BCUT2D eigenvalue weighted by molar-refractivity contribution is 5.66. The van der Waals surface area contributed by atoms with Crippen LogP contribution in [0, 0.1) is 0 Å². The Morgan fingerprint density at radius 1 is 1.71 bits per heavy atom. The van der Waals surface area contributed by atoms with Crippen molar-refractivity contribution >= 4 is 11.8 Å². The van der Waals surface area contributed by atoms with E-state index in [0.29, 0.717) is 11.6 Å². The molecular weight excluding hydrogens is 186 g/mol. The van der Waals surface area contributed by atoms with Crippen LogP contribution in [0.2, 0.25) is 0 Å². The number of anilines is 1. The van der Waals surface area contributed by atoms with Crippen molar-refractivity contribution in [3.8, 4) is 5.75 Å². The van der Waals surface area contributed by atoms with Gasteiger partial charge in [-0.25, -0.2) is 10.8 Å². The standard InChI is InChI=1S/C8H11N3O3/c9-11-8-6(2-1-4-10-8)14-5-3-7(12)13/h1-2,4H,3,5,9H2,(H,10,11)(H,12,13). The summed E-state index contributed by atoms with van der Waals surface area (Å²) in [5.74, 6) is 5.09. The molecule has 76 valence electrons. The molecule has 0 aliphatic carbocycles. The highest BCUT2D eigenvalue weighted by Crippen LogP contribution is 2.19. The molecule has 0 aromatic carbocycles. The topological polar surface area (TPSA) is 97.5 Å². The van der Waals surface area contributed by atoms with Gasteiger partial charge in [0.2, 0.25) is 0 Å². The monoisotopic (exact) mass is 197 g/mol. The number of carbonyl (C=O) groups is 1. The number of hydrogen-bond donors (Lipinski definition) is 3. The Bertz CT molecular complexity index is 316. The van der Waals surface area contributed by atoms with Gasteiger partial charge < -0.3 is 15.3 Å². The van der Waals surface area contributed by atoms with E-state index in [-0.39, 0.29) is 13.0 Å². The maximum Gasteiger partial charge on any atom is 0.306 e. The molecule has 1 aromatic rings. The van der Waals surface area contributed by atoms with E-state index in [1.54, 1.807) is 18.3 Å². The Morgan fingerprint density at radius 3 is 3.14 bits per heavy atom. The number of nitrogens with zero attached hydrogens (tertiary/aromatic N) is 1. The van der Waals surface area contributed by atoms with E-state index in [4.69, 9.17) is 15.7 Å². The normalized spacial score (nSPS) is 9.50. The number of rotatable bonds is 5. The van der Waals surface area contributed by atoms with Gasteiger partial charge in [-0.15, -0.1) is 0 Å². The molecule has 0 saturated carbocycles. The van der Waals surface area contributed by atoms with E-state index in [0.717, 1.165) is 0 Å². The molecule has 0 atom stereocenters. The third kappa shape index (κ3) is 2.91. The minimum absolute atomic E-state index is 0.0566. The molecule has 0 saturated heterocycles. The van der Waals surface area contributed by atoms with Gasteiger partial charge in [0, 0.05) is 6.20 Å². The number of nitrogens with two attached hydrogens (primary N) is 1. The van der Waals surface area contributed by atoms with Gasteiger partial charge >= 0.3 is 5.97 Å². The van der Waals surface area contributed by atoms with Crippen molar-refractivity contribution in [3.05, 3.63) is 18.3 Å². The third-order valence-electron chi connectivity index (χ3n) is 1.48. The maximum atomic E-state index is 10.2. The first-order chi connectivity index (χ1) is 6.74. The first-order valence-corrected chi connectivity index (χ1v) is 4.00. The van der Waals surface area contributed by atoms with E-state index < -0.39 is 5.97 Å². The van der Waals surface area contributed by atoms with Crippen molar-refractivity contribution in [1.82, 2.24) is 4.98 Å². The van der Waals surface area contributed by atoms with Crippen LogP contribution >= 0.6 is 0 Å². The summed E-state index contributed by atoms with van der Waals surface area (Å²) in [6.45, 7) is 0.0930. The number of hydrogen-bond acceptors (Lipinski definition) is 5. The Balaban J connectivity index is 2.53. The molecule has 0 fully saturated rings. The van der Waals surface area contributed by atoms with Gasteiger partial charge in [0.15, 0.2) is 11.6 Å². The van der Waals surface area contributed by atoms with Gasteiger partial charge in [0.1, 0.15) is 0 Å². The van der Waals surface area contributed by atoms with Crippen LogP contribution in [0.15, 0.2) is 18.3 Å². The number of nitrogens with one attached hydrogen (secondary N) is 1. The number of carboxylic acids is 1. The molecule has 6 nitrogen and oxygen atoms in total. The number of aliphatic carboxylic acids is 1. The fraction of sp³-hybridized carbons (Fsp3) is 0.250. The zero-order valence-corrected chi connectivity index (χ0v) is 7.43. The van der Waals surface area contributed by atoms with Crippen LogP contribution in [0.1, 0.15) is 6.42 Å². The lowest BCUT2D eigenvalue weighted by Crippen LogP contribution is -2.11. The number of aromatic nitrogens is 1. The lowest BCUT2D eigenvalue weighted by Gasteiger charge is -2.07. The molecule has 0 amide bonds. The second-order valence-corrected chi connectivity index (χ2v) is 2.49. The van der Waals surface area contributed by atoms with Crippen LogP contribution in [0.4, 0.5) is 5.82 Å². The van der Waals surface area contributed by atoms with Crippen molar-refractivity contribution in [3.63, 3.8) is 0 Å². The van der Waals surface area contributed by atoms with Crippen molar-refractivity contribution in [1.29, 1.82) is 0 Å². The van der Waals surface area contributed by atoms with Crippen molar-refractivity contribution in [2.24, 2.45) is 5.84 Å². The molecule has 6 heteroatoms. The van der Waals surface area contributed by atoms with Crippen molar-refractivity contribution < 1.29 is 14.6 Å². The largest absolute Gasteiger partial charge is 0.489 e. The minimum Gasteiger partial charge on any atom is -0.489 e. The van der Waals surface area contributed by atoms with E-state index >= 15 is 0 Å². The molecule has 0 aliphatic heterocycles. The van der Waals surface area contributed by atoms with Gasteiger partial charge in [0.25, 0.3) is 0 Å². The summed E-state index contributed by atoms with van der Waals surface area (Å²) in [6, 6.07) is 3.33. The van der Waals surface area contributed by atoms with Gasteiger partial charge in [-0.2, -0.15) is 0 Å². The molecule has 0 bridgehead atoms. The van der Waals surface area contributed by atoms with Gasteiger partial charge in [0.05, 0.1) is 13.0 Å². The lowest BCUT2D eigenvalue weighted by atomic mass is 10.4. The van der Waals surface area contributed by atoms with Gasteiger partial charge in [-0.05, 0) is 12.1 Å². The Morgan fingerprint density at radius 2 is 2.50 bits per heavy atom. The molecular formula is C8H11N3O3. The van der Waals surface area contributed by atoms with Crippen LogP contribution < -0.4 is 16.0 Å². The summed E-state index contributed by atoms with van der Waals surface area (Å²) in [7, 11) is 0. The summed E-state index contributed by atoms with van der Waals surface area (Å²) < 4.78 is 5.15. The molecule has 0 unspecified atom stereocenters. The van der Waals surface area contributed by atoms with E-state index in [9.17, 15) is 4.79 Å². The highest BCUT2D eigenvalue weighted by atomic mass is 16.5. The molecule has 1 aromatic heterocycles. The van der Waals surface area contributed by atoms with Gasteiger partial charge in [-0.3, -0.25) is 4.79 Å². The molecule has 1 heterocycles. The Hall–Kier alpha value is -1.82. The van der Waals surface area contributed by atoms with Crippen LogP contribution in [0.3, 0.4) is 0 Å². The maximum absolute atomic E-state index is 10.2. The lowest BCUT2D eigenvalue weighted by molar-refractivity contribution is -0.137. The van der Waals surface area contributed by atoms with Crippen LogP contribution in [-0.4, -0.2) is 22.7 Å². The fourth-order valence-electron chi connectivity index (χ4n) is 0.864. The number of nitrogen functional groups attached to an aromatic ring is 1. The van der Waals surface area contributed by atoms with Crippen LogP contribution in [-0.2, 0) is 4.79 Å². The average molecular weight is 197 g/mol. The number of hydrazine groups is 1. The number of pyridine rings is 1. The zero-order chi connectivity index (χ0) is 10.4. The predicted octanol–water partition coefficient (Wildman–Crippen LogP) is 0.221. The highest BCUT2D eigenvalue weighted by Gasteiger charge is 2.03.